The zero-order valence-corrected chi connectivity index (χ0v) is 21.8. The number of rotatable bonds is 6. The SMILES string of the molecule is COc1ccc2c(c1)CCN(C(=O)N1CC(C(=O)O)C1)[C@H]2C(=O)Cc1cc(F)c([Si](C)(C)C)c(F)c1. The Labute approximate surface area is 209 Å². The molecule has 0 aliphatic carbocycles. The minimum atomic E-state index is -2.27. The third kappa shape index (κ3) is 4.86. The van der Waals surface area contributed by atoms with Gasteiger partial charge in [0.25, 0.3) is 0 Å². The van der Waals surface area contributed by atoms with Crippen molar-refractivity contribution in [3.05, 3.63) is 58.7 Å². The maximum atomic E-state index is 14.8. The number of amides is 2. The van der Waals surface area contributed by atoms with E-state index in [-0.39, 0.29) is 42.6 Å². The van der Waals surface area contributed by atoms with Gasteiger partial charge < -0.3 is 19.6 Å². The van der Waals surface area contributed by atoms with Crippen molar-refractivity contribution in [2.75, 3.05) is 26.7 Å². The van der Waals surface area contributed by atoms with Gasteiger partial charge >= 0.3 is 12.0 Å². The highest BCUT2D eigenvalue weighted by molar-refractivity contribution is 6.88. The van der Waals surface area contributed by atoms with Crippen LogP contribution in [-0.2, 0) is 22.4 Å². The Hall–Kier alpha value is -3.27. The zero-order chi connectivity index (χ0) is 26.4. The molecule has 2 aromatic rings. The Kier molecular flexibility index (Phi) is 6.92. The summed E-state index contributed by atoms with van der Waals surface area (Å²) in [5, 5.41) is 9.26. The summed E-state index contributed by atoms with van der Waals surface area (Å²) < 4.78 is 35.0. The van der Waals surface area contributed by atoms with Gasteiger partial charge in [0.2, 0.25) is 0 Å². The van der Waals surface area contributed by atoms with Crippen molar-refractivity contribution >= 4 is 31.0 Å². The van der Waals surface area contributed by atoms with Crippen LogP contribution in [-0.4, -0.2) is 67.5 Å². The number of aliphatic carboxylic acids is 1. The lowest BCUT2D eigenvalue weighted by Crippen LogP contribution is -2.59. The van der Waals surface area contributed by atoms with Crippen LogP contribution in [0.1, 0.15) is 22.7 Å². The molecular weight excluding hydrogens is 486 g/mol. The molecule has 1 atom stereocenters. The van der Waals surface area contributed by atoms with Crippen LogP contribution >= 0.6 is 0 Å². The number of carboxylic acids is 1. The summed E-state index contributed by atoms with van der Waals surface area (Å²) in [6, 6.07) is 6.32. The number of carbonyl (C=O) groups is 3. The van der Waals surface area contributed by atoms with Gasteiger partial charge in [0, 0.05) is 31.2 Å². The Morgan fingerprint density at radius 3 is 2.28 bits per heavy atom. The highest BCUT2D eigenvalue weighted by Crippen LogP contribution is 2.35. The van der Waals surface area contributed by atoms with Crippen molar-refractivity contribution in [3.8, 4) is 5.75 Å². The Morgan fingerprint density at radius 2 is 1.72 bits per heavy atom. The summed E-state index contributed by atoms with van der Waals surface area (Å²) >= 11 is 0. The molecule has 1 fully saturated rings. The van der Waals surface area contributed by atoms with E-state index < -0.39 is 43.7 Å². The van der Waals surface area contributed by atoms with E-state index in [1.54, 1.807) is 19.2 Å². The monoisotopic (exact) mass is 516 g/mol. The van der Waals surface area contributed by atoms with E-state index in [2.05, 4.69) is 0 Å². The average molecular weight is 517 g/mol. The van der Waals surface area contributed by atoms with Crippen LogP contribution in [0.15, 0.2) is 30.3 Å². The molecule has 2 aliphatic heterocycles. The third-order valence-electron chi connectivity index (χ3n) is 6.86. The number of hydrogen-bond acceptors (Lipinski definition) is 4. The number of halogens is 2. The second-order valence-electron chi connectivity index (χ2n) is 10.5. The lowest BCUT2D eigenvalue weighted by Gasteiger charge is -2.44. The van der Waals surface area contributed by atoms with Gasteiger partial charge in [-0.15, -0.1) is 0 Å². The number of urea groups is 1. The van der Waals surface area contributed by atoms with Crippen LogP contribution in [0.25, 0.3) is 0 Å². The van der Waals surface area contributed by atoms with Gasteiger partial charge in [0.1, 0.15) is 23.4 Å². The largest absolute Gasteiger partial charge is 0.497 e. The molecule has 4 rings (SSSR count). The van der Waals surface area contributed by atoms with Crippen molar-refractivity contribution in [3.63, 3.8) is 0 Å². The second kappa shape index (κ2) is 9.65. The molecule has 0 saturated carbocycles. The quantitative estimate of drug-likeness (QED) is 0.595. The fourth-order valence-corrected chi connectivity index (χ4v) is 6.58. The van der Waals surface area contributed by atoms with E-state index in [4.69, 9.17) is 9.84 Å². The van der Waals surface area contributed by atoms with Gasteiger partial charge in [-0.05, 0) is 47.4 Å². The lowest BCUT2D eigenvalue weighted by atomic mass is 9.87. The van der Waals surface area contributed by atoms with Crippen molar-refractivity contribution in [1.29, 1.82) is 0 Å². The molecule has 2 heterocycles. The summed E-state index contributed by atoms with van der Waals surface area (Å²) in [4.78, 5) is 41.0. The molecular formula is C26H30F2N2O5Si. The van der Waals surface area contributed by atoms with E-state index in [9.17, 15) is 23.2 Å². The molecule has 0 unspecified atom stereocenters. The van der Waals surface area contributed by atoms with Crippen LogP contribution in [0.3, 0.4) is 0 Å². The number of nitrogens with zero attached hydrogens (tertiary/aromatic N) is 2. The van der Waals surface area contributed by atoms with Crippen molar-refractivity contribution in [1.82, 2.24) is 9.80 Å². The van der Waals surface area contributed by atoms with Crippen LogP contribution in [0, 0.1) is 17.6 Å². The minimum Gasteiger partial charge on any atom is -0.497 e. The Bertz CT molecular complexity index is 1200. The van der Waals surface area contributed by atoms with Gasteiger partial charge in [0.05, 0.1) is 21.1 Å². The van der Waals surface area contributed by atoms with Crippen LogP contribution in [0.2, 0.25) is 19.6 Å². The predicted octanol–water partition coefficient (Wildman–Crippen LogP) is 3.37. The molecule has 10 heteroatoms. The molecule has 0 aromatic heterocycles. The molecule has 1 N–H and O–H groups in total. The van der Waals surface area contributed by atoms with Crippen LogP contribution in [0.4, 0.5) is 13.6 Å². The summed E-state index contributed by atoms with van der Waals surface area (Å²) in [6.45, 7) is 5.95. The van der Waals surface area contributed by atoms with E-state index in [0.717, 1.165) is 5.56 Å². The summed E-state index contributed by atoms with van der Waals surface area (Å²) in [7, 11) is -0.731. The number of benzene rings is 2. The first-order valence-electron chi connectivity index (χ1n) is 11.9. The number of fused-ring (bicyclic) bond motifs is 1. The fraction of sp³-hybridized carbons (Fsp3) is 0.423. The van der Waals surface area contributed by atoms with E-state index >= 15 is 0 Å². The summed E-state index contributed by atoms with van der Waals surface area (Å²) in [6.07, 6.45) is 0.240. The average Bonchev–Trinajstić information content (AvgIpc) is 2.74. The minimum absolute atomic E-state index is 0.0790. The van der Waals surface area contributed by atoms with E-state index in [1.807, 2.05) is 25.7 Å². The number of ether oxygens (including phenoxy) is 1. The first-order valence-corrected chi connectivity index (χ1v) is 15.4. The van der Waals surface area contributed by atoms with Crippen molar-refractivity contribution in [2.24, 2.45) is 5.92 Å². The summed E-state index contributed by atoms with van der Waals surface area (Å²) in [5.74, 6) is -2.64. The zero-order valence-electron chi connectivity index (χ0n) is 20.8. The van der Waals surface area contributed by atoms with E-state index in [0.29, 0.717) is 17.7 Å². The first kappa shape index (κ1) is 25.8. The second-order valence-corrected chi connectivity index (χ2v) is 15.5. The van der Waals surface area contributed by atoms with Crippen LogP contribution < -0.4 is 9.92 Å². The molecule has 0 bridgehead atoms. The highest BCUT2D eigenvalue weighted by atomic mass is 28.3. The maximum Gasteiger partial charge on any atom is 0.320 e. The Morgan fingerprint density at radius 1 is 1.08 bits per heavy atom. The molecule has 2 amide bonds. The van der Waals surface area contributed by atoms with Crippen LogP contribution in [0.5, 0.6) is 5.75 Å². The lowest BCUT2D eigenvalue weighted by molar-refractivity contribution is -0.146. The van der Waals surface area contributed by atoms with Gasteiger partial charge in [-0.1, -0.05) is 25.7 Å². The highest BCUT2D eigenvalue weighted by Gasteiger charge is 2.43. The molecule has 7 nitrogen and oxygen atoms in total. The number of carbonyl (C=O) groups excluding carboxylic acids is 2. The normalized spacial score (nSPS) is 17.9. The van der Waals surface area contributed by atoms with Crippen molar-refractivity contribution < 1.29 is 33.0 Å². The first-order chi connectivity index (χ1) is 16.9. The number of carboxylic acid groups (broad SMARTS) is 1. The van der Waals surface area contributed by atoms with Gasteiger partial charge in [-0.25, -0.2) is 13.6 Å². The smallest absolute Gasteiger partial charge is 0.320 e. The molecule has 192 valence electrons. The molecule has 0 spiro atoms. The Balaban J connectivity index is 1.65. The standard InChI is InChI=1S/C26H30F2N2O5Si/c1-35-18-5-6-19-16(12-18)7-8-30(26(34)29-13-17(14-29)25(32)33)23(19)22(31)11-15-9-20(27)24(21(28)10-15)36(2,3)4/h5-6,9-10,12,17,23H,7-8,11,13-14H2,1-4H3,(H,32,33)/t23-/m1/s1. The molecule has 1 saturated heterocycles. The van der Waals surface area contributed by atoms with Gasteiger partial charge in [0.15, 0.2) is 5.78 Å². The summed E-state index contributed by atoms with van der Waals surface area (Å²) in [5.41, 5.74) is 1.70. The van der Waals surface area contributed by atoms with Crippen molar-refractivity contribution in [2.45, 2.75) is 38.5 Å². The van der Waals surface area contributed by atoms with Gasteiger partial charge in [-0.2, -0.15) is 0 Å². The number of Topliss-reactive ketones (excluding diaryl/α,β-unsaturated/α-hetero) is 1. The number of hydrogen-bond donors (Lipinski definition) is 1. The number of likely N-dealkylation sites (tertiary alicyclic amines) is 1. The topological polar surface area (TPSA) is 87.2 Å². The molecule has 36 heavy (non-hydrogen) atoms. The predicted molar refractivity (Wildman–Crippen MR) is 132 cm³/mol. The fourth-order valence-electron chi connectivity index (χ4n) is 5.00. The number of methoxy groups -OCH3 is 1. The maximum absolute atomic E-state index is 14.8. The van der Waals surface area contributed by atoms with Gasteiger partial charge in [-0.3, -0.25) is 9.59 Å². The molecule has 2 aliphatic rings. The third-order valence-corrected chi connectivity index (χ3v) is 8.84. The number of ketones is 1. The molecule has 0 radical (unpaired) electrons. The van der Waals surface area contributed by atoms with E-state index in [1.165, 1.54) is 21.9 Å². The molecule has 2 aromatic carbocycles.